The van der Waals surface area contributed by atoms with Crippen molar-refractivity contribution in [3.05, 3.63) is 44.1 Å². The first kappa shape index (κ1) is 16.2. The molecule has 6 heteroatoms. The summed E-state index contributed by atoms with van der Waals surface area (Å²) in [5, 5.41) is 4.51. The van der Waals surface area contributed by atoms with Crippen molar-refractivity contribution in [2.45, 2.75) is 33.2 Å². The molecule has 0 aliphatic carbocycles. The van der Waals surface area contributed by atoms with Crippen molar-refractivity contribution in [2.75, 3.05) is 5.73 Å². The zero-order chi connectivity index (χ0) is 15.6. The Balaban J connectivity index is 2.33. The Bertz CT molecular complexity index is 680. The number of aryl methyl sites for hydroxylation is 2. The van der Waals surface area contributed by atoms with Gasteiger partial charge in [-0.05, 0) is 47.5 Å². The van der Waals surface area contributed by atoms with Gasteiger partial charge in [-0.1, -0.05) is 22.9 Å². The maximum atomic E-state index is 12.5. The number of Topliss-reactive ketones (excluding diaryl/α,β-unsaturated/α-hetero) is 1. The van der Waals surface area contributed by atoms with E-state index in [1.807, 2.05) is 24.6 Å². The van der Waals surface area contributed by atoms with Gasteiger partial charge in [0.25, 0.3) is 0 Å². The van der Waals surface area contributed by atoms with Gasteiger partial charge in [-0.25, -0.2) is 0 Å². The van der Waals surface area contributed by atoms with E-state index in [4.69, 9.17) is 5.73 Å². The fraction of sp³-hybridized carbons (Fsp3) is 0.333. The number of hydrogen-bond donors (Lipinski definition) is 1. The predicted octanol–water partition coefficient (Wildman–Crippen LogP) is 4.00. The minimum atomic E-state index is -0.00190. The minimum Gasteiger partial charge on any atom is -0.398 e. The van der Waals surface area contributed by atoms with Crippen LogP contribution in [0.1, 0.15) is 35.6 Å². The monoisotopic (exact) mass is 413 g/mol. The van der Waals surface area contributed by atoms with E-state index in [1.54, 1.807) is 12.1 Å². The second kappa shape index (κ2) is 6.75. The van der Waals surface area contributed by atoms with E-state index in [-0.39, 0.29) is 12.2 Å². The molecule has 0 aliphatic heterocycles. The second-order valence-corrected chi connectivity index (χ2v) is 6.42. The largest absolute Gasteiger partial charge is 0.398 e. The van der Waals surface area contributed by atoms with Gasteiger partial charge >= 0.3 is 0 Å². The van der Waals surface area contributed by atoms with E-state index in [9.17, 15) is 4.79 Å². The Morgan fingerprint density at radius 1 is 1.33 bits per heavy atom. The molecule has 0 aliphatic rings. The molecule has 0 amide bonds. The number of aromatic nitrogens is 2. The molecule has 4 nitrogen and oxygen atoms in total. The molecule has 0 radical (unpaired) electrons. The van der Waals surface area contributed by atoms with Crippen LogP contribution in [-0.2, 0) is 19.4 Å². The van der Waals surface area contributed by atoms with E-state index in [1.165, 1.54) is 0 Å². The molecule has 1 aromatic heterocycles. The smallest absolute Gasteiger partial charge is 0.170 e. The summed E-state index contributed by atoms with van der Waals surface area (Å²) in [5.41, 5.74) is 8.85. The molecule has 0 saturated heterocycles. The molecule has 2 N–H and O–H groups in total. The molecule has 0 fully saturated rings. The summed E-state index contributed by atoms with van der Waals surface area (Å²) in [6.07, 6.45) is 1.11. The first-order valence-electron chi connectivity index (χ1n) is 6.80. The zero-order valence-electron chi connectivity index (χ0n) is 12.0. The van der Waals surface area contributed by atoms with Crippen LogP contribution < -0.4 is 5.73 Å². The number of carbonyl (C=O) groups excluding carboxylic acids is 1. The Morgan fingerprint density at radius 3 is 2.62 bits per heavy atom. The van der Waals surface area contributed by atoms with E-state index >= 15 is 0 Å². The van der Waals surface area contributed by atoms with Gasteiger partial charge in [-0.2, -0.15) is 5.10 Å². The van der Waals surface area contributed by atoms with Crippen molar-refractivity contribution >= 4 is 43.3 Å². The lowest BCUT2D eigenvalue weighted by atomic mass is 10.0. The third kappa shape index (κ3) is 3.37. The summed E-state index contributed by atoms with van der Waals surface area (Å²) in [6.45, 7) is 4.79. The Morgan fingerprint density at radius 2 is 2.05 bits per heavy atom. The van der Waals surface area contributed by atoms with Gasteiger partial charge in [-0.15, -0.1) is 0 Å². The van der Waals surface area contributed by atoms with Crippen LogP contribution in [0.2, 0.25) is 0 Å². The maximum Gasteiger partial charge on any atom is 0.170 e. The van der Waals surface area contributed by atoms with E-state index in [0.29, 0.717) is 11.3 Å². The Hall–Kier alpha value is -1.14. The third-order valence-electron chi connectivity index (χ3n) is 3.34. The first-order valence-corrected chi connectivity index (χ1v) is 8.38. The number of benzene rings is 1. The normalized spacial score (nSPS) is 10.9. The van der Waals surface area contributed by atoms with Crippen LogP contribution in [0, 0.1) is 0 Å². The van der Waals surface area contributed by atoms with Gasteiger partial charge in [0.05, 0.1) is 22.3 Å². The number of nitrogens with zero attached hydrogens (tertiary/aromatic N) is 2. The van der Waals surface area contributed by atoms with Crippen LogP contribution in [0.4, 0.5) is 5.69 Å². The molecule has 0 saturated carbocycles. The average molecular weight is 415 g/mol. The van der Waals surface area contributed by atoms with Gasteiger partial charge < -0.3 is 5.73 Å². The standard InChI is InChI=1S/C15H17Br2N3O/c1-3-12-15(17)13(20(4-2)19-12)8-14(21)10-6-5-9(16)7-11(10)18/h5-7H,3-4,8,18H2,1-2H3. The lowest BCUT2D eigenvalue weighted by molar-refractivity contribution is 0.0991. The van der Waals surface area contributed by atoms with Gasteiger partial charge in [0, 0.05) is 22.3 Å². The fourth-order valence-corrected chi connectivity index (χ4v) is 3.30. The quantitative estimate of drug-likeness (QED) is 0.594. The number of nitrogens with two attached hydrogens (primary N) is 1. The minimum absolute atomic E-state index is 0.00190. The fourth-order valence-electron chi connectivity index (χ4n) is 2.22. The molecule has 1 heterocycles. The summed E-state index contributed by atoms with van der Waals surface area (Å²) in [5.74, 6) is -0.00190. The predicted molar refractivity (Wildman–Crippen MR) is 91.6 cm³/mol. The van der Waals surface area contributed by atoms with E-state index in [2.05, 4.69) is 37.0 Å². The summed E-state index contributed by atoms with van der Waals surface area (Å²) in [4.78, 5) is 12.5. The highest BCUT2D eigenvalue weighted by molar-refractivity contribution is 9.10. The molecule has 0 bridgehead atoms. The van der Waals surface area contributed by atoms with Crippen molar-refractivity contribution < 1.29 is 4.79 Å². The molecule has 0 atom stereocenters. The van der Waals surface area contributed by atoms with Gasteiger partial charge in [0.1, 0.15) is 0 Å². The van der Waals surface area contributed by atoms with Crippen molar-refractivity contribution in [1.29, 1.82) is 0 Å². The van der Waals surface area contributed by atoms with Crippen LogP contribution >= 0.6 is 31.9 Å². The summed E-state index contributed by atoms with van der Waals surface area (Å²) in [7, 11) is 0. The van der Waals surface area contributed by atoms with Crippen LogP contribution in [0.15, 0.2) is 27.1 Å². The number of carbonyl (C=O) groups is 1. The summed E-state index contributed by atoms with van der Waals surface area (Å²) < 4.78 is 3.66. The van der Waals surface area contributed by atoms with Crippen molar-refractivity contribution in [2.24, 2.45) is 0 Å². The molecular formula is C15H17Br2N3O. The third-order valence-corrected chi connectivity index (χ3v) is 4.74. The lowest BCUT2D eigenvalue weighted by Crippen LogP contribution is -2.11. The first-order chi connectivity index (χ1) is 9.97. The summed E-state index contributed by atoms with van der Waals surface area (Å²) in [6, 6.07) is 5.33. The maximum absolute atomic E-state index is 12.5. The number of nitrogen functional groups attached to an aromatic ring is 1. The number of rotatable bonds is 5. The topological polar surface area (TPSA) is 60.9 Å². The number of hydrogen-bond acceptors (Lipinski definition) is 3. The molecule has 2 rings (SSSR count). The van der Waals surface area contributed by atoms with Gasteiger partial charge in [-0.3, -0.25) is 9.48 Å². The molecule has 2 aromatic rings. The molecule has 112 valence electrons. The van der Waals surface area contributed by atoms with Gasteiger partial charge in [0.2, 0.25) is 0 Å². The van der Waals surface area contributed by atoms with Crippen LogP contribution in [0.3, 0.4) is 0 Å². The SMILES string of the molecule is CCc1nn(CC)c(CC(=O)c2ccc(Br)cc2N)c1Br. The highest BCUT2D eigenvalue weighted by Crippen LogP contribution is 2.25. The van der Waals surface area contributed by atoms with Gasteiger partial charge in [0.15, 0.2) is 5.78 Å². The summed E-state index contributed by atoms with van der Waals surface area (Å²) >= 11 is 6.91. The second-order valence-electron chi connectivity index (χ2n) is 4.71. The molecule has 0 unspecified atom stereocenters. The number of halogens is 2. The van der Waals surface area contributed by atoms with E-state index < -0.39 is 0 Å². The Labute approximate surface area is 141 Å². The zero-order valence-corrected chi connectivity index (χ0v) is 15.2. The van der Waals surface area contributed by atoms with Crippen LogP contribution in [0.25, 0.3) is 0 Å². The number of ketones is 1. The Kier molecular flexibility index (Phi) is 5.22. The highest BCUT2D eigenvalue weighted by Gasteiger charge is 2.19. The van der Waals surface area contributed by atoms with Crippen LogP contribution in [-0.4, -0.2) is 15.6 Å². The van der Waals surface area contributed by atoms with E-state index in [0.717, 1.165) is 33.3 Å². The van der Waals surface area contributed by atoms with Crippen molar-refractivity contribution in [1.82, 2.24) is 9.78 Å². The molecular weight excluding hydrogens is 398 g/mol. The van der Waals surface area contributed by atoms with Crippen LogP contribution in [0.5, 0.6) is 0 Å². The average Bonchev–Trinajstić information content (AvgIpc) is 2.75. The molecule has 1 aromatic carbocycles. The molecule has 21 heavy (non-hydrogen) atoms. The lowest BCUT2D eigenvalue weighted by Gasteiger charge is -2.07. The highest BCUT2D eigenvalue weighted by atomic mass is 79.9. The van der Waals surface area contributed by atoms with Crippen molar-refractivity contribution in [3.8, 4) is 0 Å². The number of anilines is 1. The molecule has 0 spiro atoms. The van der Waals surface area contributed by atoms with Crippen molar-refractivity contribution in [3.63, 3.8) is 0 Å².